The Morgan fingerprint density at radius 3 is 2.46 bits per heavy atom. The smallest absolute Gasteiger partial charge is 0.228 e. The molecule has 2 aromatic heterocycles. The normalized spacial score (nSPS) is 14.8. The van der Waals surface area contributed by atoms with Crippen LogP contribution >= 0.6 is 0 Å². The Kier molecular flexibility index (Phi) is 6.61. The molecule has 35 heavy (non-hydrogen) atoms. The fraction of sp³-hybridized carbons (Fsp3) is 0.346. The monoisotopic (exact) mass is 474 g/mol. The first-order chi connectivity index (χ1) is 17.0. The van der Waals surface area contributed by atoms with Crippen LogP contribution in [0.5, 0.6) is 0 Å². The minimum absolute atomic E-state index is 0.319. The third-order valence-corrected chi connectivity index (χ3v) is 6.42. The van der Waals surface area contributed by atoms with E-state index in [0.29, 0.717) is 40.6 Å². The predicted molar refractivity (Wildman–Crippen MR) is 138 cm³/mol. The van der Waals surface area contributed by atoms with Crippen molar-refractivity contribution in [2.24, 2.45) is 0 Å². The second-order valence-corrected chi connectivity index (χ2v) is 9.24. The highest BCUT2D eigenvalue weighted by Crippen LogP contribution is 2.33. The largest absolute Gasteiger partial charge is 0.383 e. The van der Waals surface area contributed by atoms with Gasteiger partial charge in [0.15, 0.2) is 5.65 Å². The maximum absolute atomic E-state index is 14.2. The molecule has 0 aliphatic carbocycles. The molecule has 8 nitrogen and oxygen atoms in total. The highest BCUT2D eigenvalue weighted by atomic mass is 19.1. The lowest BCUT2D eigenvalue weighted by atomic mass is 10.1. The van der Waals surface area contributed by atoms with Crippen molar-refractivity contribution in [3.63, 3.8) is 0 Å². The minimum atomic E-state index is -0.319. The van der Waals surface area contributed by atoms with Gasteiger partial charge < -0.3 is 15.5 Å². The second-order valence-electron chi connectivity index (χ2n) is 9.24. The molecule has 2 aromatic carbocycles. The van der Waals surface area contributed by atoms with Crippen molar-refractivity contribution >= 4 is 22.8 Å². The Bertz CT molecular complexity index is 1300. The van der Waals surface area contributed by atoms with Crippen LogP contribution < -0.4 is 10.6 Å². The molecule has 1 aliphatic rings. The number of likely N-dealkylation sites (N-methyl/N-ethyl adjacent to an activating group) is 1. The van der Waals surface area contributed by atoms with E-state index in [9.17, 15) is 4.39 Å². The third-order valence-electron chi connectivity index (χ3n) is 6.42. The Balaban J connectivity index is 1.51. The molecule has 0 saturated carbocycles. The first kappa shape index (κ1) is 23.2. The van der Waals surface area contributed by atoms with Gasteiger partial charge in [-0.3, -0.25) is 4.90 Å². The molecule has 9 heteroatoms. The molecule has 4 aromatic rings. The fourth-order valence-electron chi connectivity index (χ4n) is 4.42. The summed E-state index contributed by atoms with van der Waals surface area (Å²) in [5, 5.41) is 5.39. The second kappa shape index (κ2) is 9.97. The van der Waals surface area contributed by atoms with Crippen LogP contribution in [0, 0.1) is 5.82 Å². The molecule has 3 heterocycles. The van der Waals surface area contributed by atoms with Gasteiger partial charge in [-0.15, -0.1) is 5.10 Å². The van der Waals surface area contributed by atoms with Crippen molar-refractivity contribution in [1.82, 2.24) is 29.5 Å². The van der Waals surface area contributed by atoms with Gasteiger partial charge in [0.05, 0.1) is 17.6 Å². The van der Waals surface area contributed by atoms with Gasteiger partial charge in [-0.25, -0.2) is 14.1 Å². The molecule has 5 rings (SSSR count). The molecular weight excluding hydrogens is 443 g/mol. The van der Waals surface area contributed by atoms with E-state index in [1.807, 2.05) is 36.4 Å². The Morgan fingerprint density at radius 2 is 1.74 bits per heavy atom. The SMILES string of the molecule is CN(C)CCN1CCN(c2nc(-c3cccc(F)c3)c3c(N)n(Cc4ccccc4)nc3n2)CC1. The number of benzene rings is 2. The van der Waals surface area contributed by atoms with Crippen molar-refractivity contribution in [2.75, 3.05) is 64.0 Å². The number of halogens is 1. The zero-order valence-electron chi connectivity index (χ0n) is 20.2. The standard InChI is InChI=1S/C26H31FN8/c1-32(2)11-12-33-13-15-34(16-14-33)26-29-23(20-9-6-10-21(27)17-20)22-24(28)35(31-25(22)30-26)18-19-7-4-3-5-8-19/h3-10,17H,11-16,18,28H2,1-2H3. The Hall–Kier alpha value is -3.56. The molecule has 0 atom stereocenters. The number of hydrogen-bond acceptors (Lipinski definition) is 7. The van der Waals surface area contributed by atoms with Crippen LogP contribution in [0.2, 0.25) is 0 Å². The van der Waals surface area contributed by atoms with E-state index in [1.54, 1.807) is 10.7 Å². The fourth-order valence-corrected chi connectivity index (χ4v) is 4.42. The van der Waals surface area contributed by atoms with Crippen LogP contribution in [0.4, 0.5) is 16.2 Å². The summed E-state index contributed by atoms with van der Waals surface area (Å²) in [5.41, 5.74) is 9.45. The minimum Gasteiger partial charge on any atom is -0.383 e. The molecule has 1 aliphatic heterocycles. The van der Waals surface area contributed by atoms with E-state index in [1.165, 1.54) is 12.1 Å². The van der Waals surface area contributed by atoms with E-state index in [2.05, 4.69) is 28.8 Å². The van der Waals surface area contributed by atoms with E-state index in [-0.39, 0.29) is 5.82 Å². The first-order valence-electron chi connectivity index (χ1n) is 11.9. The van der Waals surface area contributed by atoms with Crippen molar-refractivity contribution < 1.29 is 4.39 Å². The van der Waals surface area contributed by atoms with Crippen LogP contribution in [0.1, 0.15) is 5.56 Å². The summed E-state index contributed by atoms with van der Waals surface area (Å²) in [4.78, 5) is 16.6. The van der Waals surface area contributed by atoms with Crippen LogP contribution in [0.15, 0.2) is 54.6 Å². The van der Waals surface area contributed by atoms with Crippen molar-refractivity contribution in [2.45, 2.75) is 6.54 Å². The molecular formula is C26H31FN8. The van der Waals surface area contributed by atoms with Crippen LogP contribution in [0.3, 0.4) is 0 Å². The van der Waals surface area contributed by atoms with Crippen LogP contribution in [-0.4, -0.2) is 82.9 Å². The van der Waals surface area contributed by atoms with E-state index in [0.717, 1.165) is 44.8 Å². The van der Waals surface area contributed by atoms with Gasteiger partial charge in [-0.05, 0) is 31.8 Å². The summed E-state index contributed by atoms with van der Waals surface area (Å²) in [6.07, 6.45) is 0. The lowest BCUT2D eigenvalue weighted by Crippen LogP contribution is -2.48. The van der Waals surface area contributed by atoms with Crippen molar-refractivity contribution in [1.29, 1.82) is 0 Å². The summed E-state index contributed by atoms with van der Waals surface area (Å²) in [5.74, 6) is 0.761. The zero-order chi connectivity index (χ0) is 24.4. The summed E-state index contributed by atoms with van der Waals surface area (Å²) in [7, 11) is 4.19. The van der Waals surface area contributed by atoms with Crippen LogP contribution in [-0.2, 0) is 6.54 Å². The van der Waals surface area contributed by atoms with Gasteiger partial charge in [0.25, 0.3) is 0 Å². The summed E-state index contributed by atoms with van der Waals surface area (Å²) >= 11 is 0. The summed E-state index contributed by atoms with van der Waals surface area (Å²) < 4.78 is 15.9. The average Bonchev–Trinajstić information content (AvgIpc) is 3.18. The molecule has 0 unspecified atom stereocenters. The maximum Gasteiger partial charge on any atom is 0.228 e. The highest BCUT2D eigenvalue weighted by molar-refractivity contribution is 5.99. The highest BCUT2D eigenvalue weighted by Gasteiger charge is 2.24. The Morgan fingerprint density at radius 1 is 0.971 bits per heavy atom. The van der Waals surface area contributed by atoms with Gasteiger partial charge in [0, 0.05) is 44.8 Å². The quantitative estimate of drug-likeness (QED) is 0.441. The summed E-state index contributed by atoms with van der Waals surface area (Å²) in [6.45, 7) is 6.11. The maximum atomic E-state index is 14.2. The molecule has 0 bridgehead atoms. The van der Waals surface area contributed by atoms with E-state index < -0.39 is 0 Å². The molecule has 1 fully saturated rings. The number of nitrogen functional groups attached to an aromatic ring is 1. The molecule has 0 amide bonds. The van der Waals surface area contributed by atoms with E-state index >= 15 is 0 Å². The number of fused-ring (bicyclic) bond motifs is 1. The van der Waals surface area contributed by atoms with Gasteiger partial charge in [-0.1, -0.05) is 42.5 Å². The number of piperazine rings is 1. The average molecular weight is 475 g/mol. The number of hydrogen-bond donors (Lipinski definition) is 1. The van der Waals surface area contributed by atoms with Crippen molar-refractivity contribution in [3.05, 3.63) is 66.0 Å². The number of aromatic nitrogens is 4. The molecule has 0 radical (unpaired) electrons. The van der Waals surface area contributed by atoms with Gasteiger partial charge in [0.2, 0.25) is 5.95 Å². The predicted octanol–water partition coefficient (Wildman–Crippen LogP) is 2.95. The third kappa shape index (κ3) is 5.11. The Labute approximate surface area is 204 Å². The lowest BCUT2D eigenvalue weighted by Gasteiger charge is -2.35. The lowest BCUT2D eigenvalue weighted by molar-refractivity contribution is 0.229. The number of nitrogens with zero attached hydrogens (tertiary/aromatic N) is 7. The molecule has 1 saturated heterocycles. The summed E-state index contributed by atoms with van der Waals surface area (Å²) in [6, 6.07) is 16.5. The van der Waals surface area contributed by atoms with Crippen molar-refractivity contribution in [3.8, 4) is 11.3 Å². The molecule has 2 N–H and O–H groups in total. The van der Waals surface area contributed by atoms with Gasteiger partial charge >= 0.3 is 0 Å². The number of rotatable bonds is 7. The molecule has 0 spiro atoms. The number of anilines is 2. The van der Waals surface area contributed by atoms with E-state index in [4.69, 9.17) is 20.8 Å². The zero-order valence-corrected chi connectivity index (χ0v) is 20.2. The number of nitrogens with two attached hydrogens (primary N) is 1. The van der Waals surface area contributed by atoms with Gasteiger partial charge in [0.1, 0.15) is 11.6 Å². The van der Waals surface area contributed by atoms with Crippen LogP contribution in [0.25, 0.3) is 22.3 Å². The first-order valence-corrected chi connectivity index (χ1v) is 11.9. The topological polar surface area (TPSA) is 79.3 Å². The molecule has 182 valence electrons. The van der Waals surface area contributed by atoms with Gasteiger partial charge in [-0.2, -0.15) is 4.98 Å².